The molecule has 0 fully saturated rings. The number of phenols is 1. The van der Waals surface area contributed by atoms with Crippen molar-refractivity contribution in [2.75, 3.05) is 26.2 Å². The van der Waals surface area contributed by atoms with Crippen LogP contribution in [0, 0.1) is 0 Å². The molecule has 1 aromatic carbocycles. The lowest BCUT2D eigenvalue weighted by Crippen LogP contribution is -2.35. The standard InChI is InChI=1S/C13H22N2O3S/c1-3-10-15(4-2)11-9-14-19(17,18)13-7-5-12(16)6-8-13/h5-8,14,16H,3-4,9-11H2,1-2H3. The van der Waals surface area contributed by atoms with E-state index in [0.717, 1.165) is 19.5 Å². The summed E-state index contributed by atoms with van der Waals surface area (Å²) in [5.41, 5.74) is 0. The van der Waals surface area contributed by atoms with Gasteiger partial charge in [0, 0.05) is 13.1 Å². The monoisotopic (exact) mass is 286 g/mol. The number of phenolic OH excluding ortho intramolecular Hbond substituents is 1. The minimum atomic E-state index is -3.48. The number of rotatable bonds is 8. The molecule has 0 aromatic heterocycles. The van der Waals surface area contributed by atoms with E-state index in [1.54, 1.807) is 0 Å². The molecule has 5 nitrogen and oxygen atoms in total. The Balaban J connectivity index is 2.54. The van der Waals surface area contributed by atoms with Crippen molar-refractivity contribution < 1.29 is 13.5 Å². The average Bonchev–Trinajstić information content (AvgIpc) is 2.38. The summed E-state index contributed by atoms with van der Waals surface area (Å²) in [7, 11) is -3.48. The SMILES string of the molecule is CCCN(CC)CCNS(=O)(=O)c1ccc(O)cc1. The van der Waals surface area contributed by atoms with Gasteiger partial charge in [0.1, 0.15) is 5.75 Å². The van der Waals surface area contributed by atoms with Gasteiger partial charge in [-0.25, -0.2) is 13.1 Å². The molecule has 0 heterocycles. The molecule has 19 heavy (non-hydrogen) atoms. The summed E-state index contributed by atoms with van der Waals surface area (Å²) in [6.45, 7) is 7.12. The molecular formula is C13H22N2O3S. The first-order valence-electron chi connectivity index (χ1n) is 6.50. The third-order valence-electron chi connectivity index (χ3n) is 2.85. The molecule has 6 heteroatoms. The van der Waals surface area contributed by atoms with Gasteiger partial charge < -0.3 is 10.0 Å². The van der Waals surface area contributed by atoms with Crippen molar-refractivity contribution in [2.24, 2.45) is 0 Å². The first kappa shape index (κ1) is 15.9. The topological polar surface area (TPSA) is 69.6 Å². The number of nitrogens with one attached hydrogen (secondary N) is 1. The van der Waals surface area contributed by atoms with E-state index in [9.17, 15) is 8.42 Å². The van der Waals surface area contributed by atoms with Crippen molar-refractivity contribution in [1.29, 1.82) is 0 Å². The van der Waals surface area contributed by atoms with Crippen molar-refractivity contribution in [3.63, 3.8) is 0 Å². The van der Waals surface area contributed by atoms with Crippen LogP contribution in [0.2, 0.25) is 0 Å². The van der Waals surface area contributed by atoms with E-state index in [1.807, 2.05) is 0 Å². The van der Waals surface area contributed by atoms with E-state index < -0.39 is 10.0 Å². The van der Waals surface area contributed by atoms with Gasteiger partial charge in [-0.2, -0.15) is 0 Å². The van der Waals surface area contributed by atoms with E-state index >= 15 is 0 Å². The molecule has 0 atom stereocenters. The van der Waals surface area contributed by atoms with Crippen molar-refractivity contribution in [3.8, 4) is 5.75 Å². The first-order chi connectivity index (χ1) is 8.99. The number of hydrogen-bond acceptors (Lipinski definition) is 4. The van der Waals surface area contributed by atoms with Gasteiger partial charge in [-0.15, -0.1) is 0 Å². The van der Waals surface area contributed by atoms with Crippen LogP contribution in [-0.2, 0) is 10.0 Å². The van der Waals surface area contributed by atoms with Crippen molar-refractivity contribution in [2.45, 2.75) is 25.2 Å². The smallest absolute Gasteiger partial charge is 0.240 e. The molecule has 0 spiro atoms. The summed E-state index contributed by atoms with van der Waals surface area (Å²) in [5.74, 6) is 0.0547. The van der Waals surface area contributed by atoms with Gasteiger partial charge in [-0.05, 0) is 43.8 Å². The predicted octanol–water partition coefficient (Wildman–Crippen LogP) is 1.40. The van der Waals surface area contributed by atoms with Crippen LogP contribution in [0.3, 0.4) is 0 Å². The maximum atomic E-state index is 12.0. The van der Waals surface area contributed by atoms with Crippen LogP contribution in [0.15, 0.2) is 29.2 Å². The summed E-state index contributed by atoms with van der Waals surface area (Å²) in [6, 6.07) is 5.51. The Morgan fingerprint density at radius 2 is 1.79 bits per heavy atom. The van der Waals surface area contributed by atoms with E-state index in [4.69, 9.17) is 5.11 Å². The minimum absolute atomic E-state index is 0.0547. The molecule has 0 radical (unpaired) electrons. The van der Waals surface area contributed by atoms with Crippen LogP contribution in [0.1, 0.15) is 20.3 Å². The third kappa shape index (κ3) is 5.18. The van der Waals surface area contributed by atoms with Crippen molar-refractivity contribution in [1.82, 2.24) is 9.62 Å². The molecule has 0 bridgehead atoms. The Morgan fingerprint density at radius 1 is 1.16 bits per heavy atom. The Labute approximate surface area is 115 Å². The van der Waals surface area contributed by atoms with Crippen LogP contribution in [0.25, 0.3) is 0 Å². The van der Waals surface area contributed by atoms with E-state index in [-0.39, 0.29) is 10.6 Å². The molecular weight excluding hydrogens is 264 g/mol. The molecule has 1 rings (SSSR count). The van der Waals surface area contributed by atoms with Gasteiger partial charge in [0.05, 0.1) is 4.90 Å². The highest BCUT2D eigenvalue weighted by molar-refractivity contribution is 7.89. The molecule has 108 valence electrons. The Morgan fingerprint density at radius 3 is 2.32 bits per heavy atom. The number of hydrogen-bond donors (Lipinski definition) is 2. The molecule has 0 amide bonds. The van der Waals surface area contributed by atoms with Gasteiger partial charge in [0.25, 0.3) is 0 Å². The number of likely N-dealkylation sites (N-methyl/N-ethyl adjacent to an activating group) is 1. The lowest BCUT2D eigenvalue weighted by atomic mass is 10.3. The highest BCUT2D eigenvalue weighted by Crippen LogP contribution is 2.13. The van der Waals surface area contributed by atoms with Crippen molar-refractivity contribution >= 4 is 10.0 Å². The second-order valence-electron chi connectivity index (χ2n) is 4.33. The molecule has 2 N–H and O–H groups in total. The first-order valence-corrected chi connectivity index (χ1v) is 7.99. The van der Waals surface area contributed by atoms with Gasteiger partial charge >= 0.3 is 0 Å². The lowest BCUT2D eigenvalue weighted by Gasteiger charge is -2.19. The fraction of sp³-hybridized carbons (Fsp3) is 0.538. The molecule has 0 aliphatic rings. The van der Waals surface area contributed by atoms with Crippen LogP contribution >= 0.6 is 0 Å². The second kappa shape index (κ2) is 7.47. The highest BCUT2D eigenvalue weighted by Gasteiger charge is 2.13. The van der Waals surface area contributed by atoms with Crippen molar-refractivity contribution in [3.05, 3.63) is 24.3 Å². The van der Waals surface area contributed by atoms with Gasteiger partial charge in [-0.1, -0.05) is 13.8 Å². The maximum absolute atomic E-state index is 12.0. The highest BCUT2D eigenvalue weighted by atomic mass is 32.2. The maximum Gasteiger partial charge on any atom is 0.240 e. The normalized spacial score (nSPS) is 11.9. The quantitative estimate of drug-likeness (QED) is 0.758. The number of aromatic hydroxyl groups is 1. The van der Waals surface area contributed by atoms with Gasteiger partial charge in [0.2, 0.25) is 10.0 Å². The Hall–Kier alpha value is -1.11. The number of sulfonamides is 1. The molecule has 1 aromatic rings. The molecule has 0 unspecified atom stereocenters. The molecule has 0 aliphatic heterocycles. The summed E-state index contributed by atoms with van der Waals surface area (Å²) in [6.07, 6.45) is 1.05. The zero-order chi connectivity index (χ0) is 14.3. The fourth-order valence-corrected chi connectivity index (χ4v) is 2.81. The van der Waals surface area contributed by atoms with Gasteiger partial charge in [0.15, 0.2) is 0 Å². The zero-order valence-electron chi connectivity index (χ0n) is 11.5. The van der Waals surface area contributed by atoms with Crippen LogP contribution in [0.4, 0.5) is 0 Å². The second-order valence-corrected chi connectivity index (χ2v) is 6.09. The van der Waals surface area contributed by atoms with E-state index in [2.05, 4.69) is 23.5 Å². The third-order valence-corrected chi connectivity index (χ3v) is 4.33. The summed E-state index contributed by atoms with van der Waals surface area (Å²) < 4.78 is 26.5. The Bertz CT molecular complexity index is 471. The summed E-state index contributed by atoms with van der Waals surface area (Å²) >= 11 is 0. The predicted molar refractivity (Wildman–Crippen MR) is 75.7 cm³/mol. The largest absolute Gasteiger partial charge is 0.508 e. The minimum Gasteiger partial charge on any atom is -0.508 e. The Kier molecular flexibility index (Phi) is 6.27. The molecule has 0 saturated carbocycles. The molecule has 0 aliphatic carbocycles. The fourth-order valence-electron chi connectivity index (χ4n) is 1.79. The number of benzene rings is 1. The van der Waals surface area contributed by atoms with Crippen LogP contribution < -0.4 is 4.72 Å². The van der Waals surface area contributed by atoms with Gasteiger partial charge in [-0.3, -0.25) is 0 Å². The van der Waals surface area contributed by atoms with E-state index in [0.29, 0.717) is 13.1 Å². The summed E-state index contributed by atoms with van der Waals surface area (Å²) in [5, 5.41) is 9.14. The average molecular weight is 286 g/mol. The van der Waals surface area contributed by atoms with E-state index in [1.165, 1.54) is 24.3 Å². The number of nitrogens with zero attached hydrogens (tertiary/aromatic N) is 1. The molecule has 0 saturated heterocycles. The lowest BCUT2D eigenvalue weighted by molar-refractivity contribution is 0.293. The van der Waals surface area contributed by atoms with Crippen LogP contribution in [-0.4, -0.2) is 44.6 Å². The summed E-state index contributed by atoms with van der Waals surface area (Å²) in [4.78, 5) is 2.36. The van der Waals surface area contributed by atoms with Crippen LogP contribution in [0.5, 0.6) is 5.75 Å². The zero-order valence-corrected chi connectivity index (χ0v) is 12.3.